The lowest BCUT2D eigenvalue weighted by molar-refractivity contribution is -0.125. The van der Waals surface area contributed by atoms with Crippen molar-refractivity contribution in [1.82, 2.24) is 0 Å². The second-order valence-corrected chi connectivity index (χ2v) is 4.71. The fraction of sp³-hybridized carbons (Fsp3) is 0.417. The number of aromatic hydroxyl groups is 1. The Kier molecular flexibility index (Phi) is 3.86. The number of rotatable bonds is 3. The van der Waals surface area contributed by atoms with Crippen molar-refractivity contribution in [2.75, 3.05) is 17.7 Å². The zero-order valence-electron chi connectivity index (χ0n) is 9.77. The van der Waals surface area contributed by atoms with Crippen LogP contribution in [0.25, 0.3) is 0 Å². The highest BCUT2D eigenvalue weighted by Crippen LogP contribution is 2.29. The van der Waals surface area contributed by atoms with Gasteiger partial charge in [0.2, 0.25) is 5.91 Å². The van der Waals surface area contributed by atoms with E-state index in [4.69, 9.17) is 0 Å². The van der Waals surface area contributed by atoms with Crippen LogP contribution in [0.5, 0.6) is 5.75 Å². The number of benzene rings is 1. The van der Waals surface area contributed by atoms with Crippen molar-refractivity contribution in [3.05, 3.63) is 24.3 Å². The van der Waals surface area contributed by atoms with Gasteiger partial charge in [-0.25, -0.2) is 0 Å². The Hall–Kier alpha value is -1.16. The molecule has 0 fully saturated rings. The second-order valence-electron chi connectivity index (χ2n) is 4.39. The van der Waals surface area contributed by atoms with Gasteiger partial charge >= 0.3 is 0 Å². The molecule has 0 saturated carbocycles. The summed E-state index contributed by atoms with van der Waals surface area (Å²) < 4.78 is 0. The molecule has 0 aliphatic heterocycles. The highest BCUT2D eigenvalue weighted by Gasteiger charge is 2.30. The molecule has 0 unspecified atom stereocenters. The molecule has 1 aromatic rings. The van der Waals surface area contributed by atoms with E-state index >= 15 is 0 Å². The lowest BCUT2D eigenvalue weighted by Gasteiger charge is -2.28. The highest BCUT2D eigenvalue weighted by molar-refractivity contribution is 7.80. The number of para-hydroxylation sites is 2. The first-order valence-corrected chi connectivity index (χ1v) is 5.70. The van der Waals surface area contributed by atoms with Gasteiger partial charge in [-0.15, -0.1) is 0 Å². The predicted octanol–water partition coefficient (Wildman–Crippen LogP) is 2.31. The van der Waals surface area contributed by atoms with Crippen molar-refractivity contribution in [2.24, 2.45) is 5.41 Å². The monoisotopic (exact) mass is 239 g/mol. The zero-order chi connectivity index (χ0) is 12.3. The molecule has 3 nitrogen and oxygen atoms in total. The maximum atomic E-state index is 12.1. The van der Waals surface area contributed by atoms with Gasteiger partial charge in [-0.05, 0) is 12.1 Å². The largest absolute Gasteiger partial charge is 0.506 e. The van der Waals surface area contributed by atoms with E-state index in [1.165, 1.54) is 4.90 Å². The number of carbonyl (C=O) groups excluding carboxylic acids is 1. The summed E-state index contributed by atoms with van der Waals surface area (Å²) in [6, 6.07) is 6.78. The summed E-state index contributed by atoms with van der Waals surface area (Å²) in [6.07, 6.45) is 0. The summed E-state index contributed by atoms with van der Waals surface area (Å²) in [5, 5.41) is 9.66. The fourth-order valence-corrected chi connectivity index (χ4v) is 1.51. The van der Waals surface area contributed by atoms with Gasteiger partial charge < -0.3 is 10.0 Å². The molecule has 0 radical (unpaired) electrons. The van der Waals surface area contributed by atoms with Crippen LogP contribution in [0, 0.1) is 5.41 Å². The van der Waals surface area contributed by atoms with Crippen LogP contribution < -0.4 is 4.90 Å². The molecule has 0 saturated heterocycles. The van der Waals surface area contributed by atoms with Gasteiger partial charge in [0.15, 0.2) is 0 Å². The lowest BCUT2D eigenvalue weighted by atomic mass is 9.94. The summed E-state index contributed by atoms with van der Waals surface area (Å²) in [6.45, 7) is 3.66. The van der Waals surface area contributed by atoms with Crippen LogP contribution in [0.1, 0.15) is 13.8 Å². The van der Waals surface area contributed by atoms with Crippen LogP contribution in [0.3, 0.4) is 0 Å². The number of nitrogens with zero attached hydrogens (tertiary/aromatic N) is 1. The van der Waals surface area contributed by atoms with E-state index in [-0.39, 0.29) is 11.7 Å². The Bertz CT molecular complexity index is 390. The fourth-order valence-electron chi connectivity index (χ4n) is 1.38. The molecular formula is C12H17NO2S. The molecule has 0 heterocycles. The number of carbonyl (C=O) groups is 1. The van der Waals surface area contributed by atoms with Crippen molar-refractivity contribution in [3.63, 3.8) is 0 Å². The van der Waals surface area contributed by atoms with E-state index in [9.17, 15) is 9.90 Å². The Balaban J connectivity index is 3.00. The van der Waals surface area contributed by atoms with E-state index in [0.717, 1.165) is 0 Å². The summed E-state index contributed by atoms with van der Waals surface area (Å²) >= 11 is 4.16. The van der Waals surface area contributed by atoms with Crippen molar-refractivity contribution in [1.29, 1.82) is 0 Å². The first-order chi connectivity index (χ1) is 7.40. The van der Waals surface area contributed by atoms with Crippen molar-refractivity contribution < 1.29 is 9.90 Å². The normalized spacial score (nSPS) is 11.2. The topological polar surface area (TPSA) is 40.5 Å². The zero-order valence-corrected chi connectivity index (χ0v) is 10.7. The summed E-state index contributed by atoms with van der Waals surface area (Å²) in [5.74, 6) is 0.501. The van der Waals surface area contributed by atoms with Gasteiger partial charge in [0.25, 0.3) is 0 Å². The molecule has 1 amide bonds. The average molecular weight is 239 g/mol. The van der Waals surface area contributed by atoms with E-state index in [0.29, 0.717) is 11.4 Å². The van der Waals surface area contributed by atoms with Gasteiger partial charge in [0, 0.05) is 12.8 Å². The number of phenols is 1. The Labute approximate surface area is 101 Å². The van der Waals surface area contributed by atoms with Crippen LogP contribution in [0.2, 0.25) is 0 Å². The molecule has 0 aliphatic rings. The molecular weight excluding hydrogens is 222 g/mol. The van der Waals surface area contributed by atoms with Crippen LogP contribution in [-0.4, -0.2) is 23.8 Å². The first kappa shape index (κ1) is 12.9. The number of anilines is 1. The van der Waals surface area contributed by atoms with Gasteiger partial charge in [-0.2, -0.15) is 12.6 Å². The number of hydrogen-bond donors (Lipinski definition) is 2. The van der Waals surface area contributed by atoms with Crippen molar-refractivity contribution in [3.8, 4) is 5.75 Å². The minimum Gasteiger partial charge on any atom is -0.506 e. The Morgan fingerprint density at radius 1 is 1.44 bits per heavy atom. The molecule has 88 valence electrons. The van der Waals surface area contributed by atoms with Crippen LogP contribution >= 0.6 is 12.6 Å². The van der Waals surface area contributed by atoms with E-state index < -0.39 is 5.41 Å². The maximum absolute atomic E-state index is 12.1. The van der Waals surface area contributed by atoms with Gasteiger partial charge in [-0.1, -0.05) is 26.0 Å². The minimum atomic E-state index is -0.542. The van der Waals surface area contributed by atoms with Gasteiger partial charge in [-0.3, -0.25) is 4.79 Å². The number of amides is 1. The maximum Gasteiger partial charge on any atom is 0.233 e. The molecule has 0 atom stereocenters. The third-order valence-electron chi connectivity index (χ3n) is 2.52. The van der Waals surface area contributed by atoms with Gasteiger partial charge in [0.1, 0.15) is 5.75 Å². The highest BCUT2D eigenvalue weighted by atomic mass is 32.1. The molecule has 0 aromatic heterocycles. The summed E-state index contributed by atoms with van der Waals surface area (Å²) in [4.78, 5) is 13.6. The minimum absolute atomic E-state index is 0.0657. The third-order valence-corrected chi connectivity index (χ3v) is 3.31. The van der Waals surface area contributed by atoms with E-state index in [1.54, 1.807) is 31.3 Å². The molecule has 4 heteroatoms. The standard InChI is InChI=1S/C12H17NO2S/c1-12(2,8-16)11(15)13(3)9-6-4-5-7-10(9)14/h4-7,14,16H,8H2,1-3H3. The van der Waals surface area contributed by atoms with Crippen molar-refractivity contribution in [2.45, 2.75) is 13.8 Å². The Morgan fingerprint density at radius 2 is 2.00 bits per heavy atom. The van der Waals surface area contributed by atoms with Gasteiger partial charge in [0.05, 0.1) is 11.1 Å². The molecule has 0 spiro atoms. The average Bonchev–Trinajstić information content (AvgIpc) is 2.27. The SMILES string of the molecule is CN(C(=O)C(C)(C)CS)c1ccccc1O. The molecule has 1 N–H and O–H groups in total. The number of thiol groups is 1. The smallest absolute Gasteiger partial charge is 0.233 e. The first-order valence-electron chi connectivity index (χ1n) is 5.07. The van der Waals surface area contributed by atoms with Crippen LogP contribution in [-0.2, 0) is 4.79 Å². The third kappa shape index (κ3) is 2.50. The lowest BCUT2D eigenvalue weighted by Crippen LogP contribution is -2.39. The molecule has 1 rings (SSSR count). The second kappa shape index (κ2) is 4.78. The number of phenolic OH excluding ortho intramolecular Hbond substituents is 1. The molecule has 1 aromatic carbocycles. The quantitative estimate of drug-likeness (QED) is 0.795. The van der Waals surface area contributed by atoms with E-state index in [2.05, 4.69) is 12.6 Å². The summed E-state index contributed by atoms with van der Waals surface area (Å²) in [7, 11) is 1.66. The number of hydrogen-bond acceptors (Lipinski definition) is 3. The molecule has 0 aliphatic carbocycles. The predicted molar refractivity (Wildman–Crippen MR) is 69.2 cm³/mol. The molecule has 16 heavy (non-hydrogen) atoms. The molecule has 0 bridgehead atoms. The Morgan fingerprint density at radius 3 is 2.50 bits per heavy atom. The summed E-state index contributed by atoms with van der Waals surface area (Å²) in [5.41, 5.74) is -0.0255. The van der Waals surface area contributed by atoms with E-state index in [1.807, 2.05) is 13.8 Å². The van der Waals surface area contributed by atoms with Crippen LogP contribution in [0.15, 0.2) is 24.3 Å². The van der Waals surface area contributed by atoms with Crippen molar-refractivity contribution >= 4 is 24.2 Å². The van der Waals surface area contributed by atoms with Crippen LogP contribution in [0.4, 0.5) is 5.69 Å².